The highest BCUT2D eigenvalue weighted by molar-refractivity contribution is 7.92. The second-order valence-electron chi connectivity index (χ2n) is 7.42. The molecular weight excluding hydrogens is 446 g/mol. The Balaban J connectivity index is 1.64. The summed E-state index contributed by atoms with van der Waals surface area (Å²) < 4.78 is 53.5. The number of hydrogen-bond donors (Lipinski definition) is 0. The van der Waals surface area contributed by atoms with Crippen LogP contribution < -0.4 is 4.31 Å². The minimum atomic E-state index is -3.76. The summed E-state index contributed by atoms with van der Waals surface area (Å²) in [5.74, 6) is -1.67. The molecule has 2 aromatic carbocycles. The predicted octanol–water partition coefficient (Wildman–Crippen LogP) is 3.65. The van der Waals surface area contributed by atoms with E-state index in [9.17, 15) is 17.2 Å². The topological polar surface area (TPSA) is 66.4 Å². The van der Waals surface area contributed by atoms with Gasteiger partial charge in [0.15, 0.2) is 0 Å². The predicted molar refractivity (Wildman–Crippen MR) is 114 cm³/mol. The van der Waals surface area contributed by atoms with E-state index in [1.54, 1.807) is 24.5 Å². The van der Waals surface area contributed by atoms with Crippen molar-refractivity contribution >= 4 is 27.3 Å². The van der Waals surface area contributed by atoms with Crippen LogP contribution in [0, 0.1) is 11.6 Å². The van der Waals surface area contributed by atoms with E-state index in [-0.39, 0.29) is 11.7 Å². The van der Waals surface area contributed by atoms with Gasteiger partial charge in [-0.2, -0.15) is 0 Å². The number of nitrogens with zero attached hydrogens (tertiary/aromatic N) is 4. The SMILES string of the molecule is CS(=O)(=O)N(c1cc(F)cc(F)c1)C1CN([C@@H](c2ccc(Cl)cc2)c2cncnc2)C1. The number of likely N-dealkylation sites (tertiary alicyclic amines) is 1. The molecule has 0 aliphatic carbocycles. The van der Waals surface area contributed by atoms with Gasteiger partial charge in [0.1, 0.15) is 18.0 Å². The van der Waals surface area contributed by atoms with Crippen molar-refractivity contribution in [3.8, 4) is 0 Å². The third kappa shape index (κ3) is 4.68. The number of rotatable bonds is 6. The zero-order valence-corrected chi connectivity index (χ0v) is 18.1. The van der Waals surface area contributed by atoms with Gasteiger partial charge in [0.05, 0.1) is 24.0 Å². The smallest absolute Gasteiger partial charge is 0.232 e. The Hall–Kier alpha value is -2.62. The third-order valence-electron chi connectivity index (χ3n) is 5.13. The van der Waals surface area contributed by atoms with E-state index in [0.29, 0.717) is 24.2 Å². The highest BCUT2D eigenvalue weighted by Gasteiger charge is 2.41. The van der Waals surface area contributed by atoms with Crippen molar-refractivity contribution in [2.24, 2.45) is 0 Å². The van der Waals surface area contributed by atoms with Gasteiger partial charge in [0, 0.05) is 42.1 Å². The van der Waals surface area contributed by atoms with Crippen LogP contribution in [0.3, 0.4) is 0 Å². The van der Waals surface area contributed by atoms with Crippen LogP contribution in [0.25, 0.3) is 0 Å². The van der Waals surface area contributed by atoms with Crippen LogP contribution in [-0.4, -0.2) is 48.7 Å². The number of benzene rings is 2. The minimum Gasteiger partial charge on any atom is -0.288 e. The van der Waals surface area contributed by atoms with Gasteiger partial charge in [-0.05, 0) is 29.8 Å². The molecule has 4 rings (SSSR count). The molecule has 1 atom stereocenters. The Bertz CT molecular complexity index is 1150. The zero-order chi connectivity index (χ0) is 22.2. The normalized spacial score (nSPS) is 16.0. The molecule has 0 N–H and O–H groups in total. The molecule has 0 saturated carbocycles. The molecule has 0 spiro atoms. The number of aromatic nitrogens is 2. The van der Waals surface area contributed by atoms with Crippen molar-refractivity contribution in [1.29, 1.82) is 0 Å². The first kappa shape index (κ1) is 21.6. The molecule has 1 aromatic heterocycles. The van der Waals surface area contributed by atoms with Crippen LogP contribution in [0.4, 0.5) is 14.5 Å². The average molecular weight is 465 g/mol. The van der Waals surface area contributed by atoms with Gasteiger partial charge in [-0.15, -0.1) is 0 Å². The minimum absolute atomic E-state index is 0.0317. The van der Waals surface area contributed by atoms with E-state index in [1.807, 2.05) is 12.1 Å². The highest BCUT2D eigenvalue weighted by atomic mass is 35.5. The molecule has 0 bridgehead atoms. The molecule has 0 amide bonds. The van der Waals surface area contributed by atoms with Gasteiger partial charge in [-0.1, -0.05) is 23.7 Å². The maximum atomic E-state index is 13.7. The molecule has 1 fully saturated rings. The number of halogens is 3. The van der Waals surface area contributed by atoms with Crippen LogP contribution >= 0.6 is 11.6 Å². The summed E-state index contributed by atoms with van der Waals surface area (Å²) in [5.41, 5.74) is 1.75. The Morgan fingerprint density at radius 1 is 1.03 bits per heavy atom. The monoisotopic (exact) mass is 464 g/mol. The number of hydrogen-bond acceptors (Lipinski definition) is 5. The summed E-state index contributed by atoms with van der Waals surface area (Å²) >= 11 is 6.03. The van der Waals surface area contributed by atoms with Crippen molar-refractivity contribution in [1.82, 2.24) is 14.9 Å². The van der Waals surface area contributed by atoms with E-state index < -0.39 is 27.7 Å². The molecule has 3 aromatic rings. The van der Waals surface area contributed by atoms with Crippen molar-refractivity contribution in [2.45, 2.75) is 12.1 Å². The Morgan fingerprint density at radius 3 is 2.16 bits per heavy atom. The van der Waals surface area contributed by atoms with Crippen molar-refractivity contribution in [3.05, 3.63) is 89.0 Å². The molecule has 1 aliphatic heterocycles. The zero-order valence-electron chi connectivity index (χ0n) is 16.5. The first-order chi connectivity index (χ1) is 14.7. The van der Waals surface area contributed by atoms with Crippen molar-refractivity contribution in [3.63, 3.8) is 0 Å². The Labute approximate surface area is 184 Å². The maximum Gasteiger partial charge on any atom is 0.232 e. The largest absolute Gasteiger partial charge is 0.288 e. The lowest BCUT2D eigenvalue weighted by Crippen LogP contribution is -2.61. The van der Waals surface area contributed by atoms with Crippen LogP contribution in [0.5, 0.6) is 0 Å². The fraction of sp³-hybridized carbons (Fsp3) is 0.238. The van der Waals surface area contributed by atoms with Gasteiger partial charge in [-0.3, -0.25) is 9.21 Å². The maximum absolute atomic E-state index is 13.7. The molecule has 0 unspecified atom stereocenters. The summed E-state index contributed by atoms with van der Waals surface area (Å²) in [6.45, 7) is 0.709. The summed E-state index contributed by atoms with van der Waals surface area (Å²) in [6.07, 6.45) is 5.87. The van der Waals surface area contributed by atoms with Gasteiger partial charge in [-0.25, -0.2) is 27.2 Å². The first-order valence-electron chi connectivity index (χ1n) is 9.42. The van der Waals surface area contributed by atoms with Crippen molar-refractivity contribution < 1.29 is 17.2 Å². The third-order valence-corrected chi connectivity index (χ3v) is 6.60. The molecule has 6 nitrogen and oxygen atoms in total. The van der Waals surface area contributed by atoms with Gasteiger partial charge < -0.3 is 0 Å². The molecule has 162 valence electrons. The van der Waals surface area contributed by atoms with Gasteiger partial charge in [0.2, 0.25) is 10.0 Å². The van der Waals surface area contributed by atoms with E-state index in [4.69, 9.17) is 11.6 Å². The van der Waals surface area contributed by atoms with E-state index >= 15 is 0 Å². The summed E-state index contributed by atoms with van der Waals surface area (Å²) in [4.78, 5) is 10.2. The second-order valence-corrected chi connectivity index (χ2v) is 9.72. The highest BCUT2D eigenvalue weighted by Crippen LogP contribution is 2.36. The summed E-state index contributed by atoms with van der Waals surface area (Å²) in [7, 11) is -3.76. The summed E-state index contributed by atoms with van der Waals surface area (Å²) in [6, 6.07) is 9.40. The van der Waals surface area contributed by atoms with Gasteiger partial charge in [0.25, 0.3) is 0 Å². The standard InChI is InChI=1S/C21H19ClF2N4O2S/c1-31(29,30)28(19-7-17(23)6-18(24)8-19)20-11-27(12-20)21(15-9-25-13-26-10-15)14-2-4-16(22)5-3-14/h2-10,13,20-21H,11-12H2,1H3/t21-/m0/s1. The van der Waals surface area contributed by atoms with Crippen LogP contribution in [0.15, 0.2) is 61.2 Å². The Kier molecular flexibility index (Phi) is 5.92. The molecule has 2 heterocycles. The van der Waals surface area contributed by atoms with Crippen LogP contribution in [0.1, 0.15) is 17.2 Å². The average Bonchev–Trinajstić information content (AvgIpc) is 2.66. The lowest BCUT2D eigenvalue weighted by Gasteiger charge is -2.48. The molecule has 1 saturated heterocycles. The van der Waals surface area contributed by atoms with E-state index in [1.165, 1.54) is 6.33 Å². The fourth-order valence-electron chi connectivity index (χ4n) is 3.90. The first-order valence-corrected chi connectivity index (χ1v) is 11.6. The van der Waals surface area contributed by atoms with E-state index in [0.717, 1.165) is 33.8 Å². The number of anilines is 1. The lowest BCUT2D eigenvalue weighted by molar-refractivity contribution is 0.116. The Morgan fingerprint density at radius 2 is 1.61 bits per heavy atom. The van der Waals surface area contributed by atoms with Crippen molar-refractivity contribution in [2.75, 3.05) is 23.7 Å². The fourth-order valence-corrected chi connectivity index (χ4v) is 5.19. The molecule has 31 heavy (non-hydrogen) atoms. The molecule has 10 heteroatoms. The van der Waals surface area contributed by atoms with E-state index in [2.05, 4.69) is 14.9 Å². The number of sulfonamides is 1. The summed E-state index contributed by atoms with van der Waals surface area (Å²) in [5, 5.41) is 0.602. The molecule has 1 aliphatic rings. The van der Waals surface area contributed by atoms with Gasteiger partial charge >= 0.3 is 0 Å². The van der Waals surface area contributed by atoms with Crippen LogP contribution in [-0.2, 0) is 10.0 Å². The quantitative estimate of drug-likeness (QED) is 0.557. The molecule has 0 radical (unpaired) electrons. The lowest BCUT2D eigenvalue weighted by atomic mass is 9.94. The van der Waals surface area contributed by atoms with Crippen LogP contribution in [0.2, 0.25) is 5.02 Å². The second kappa shape index (κ2) is 8.49. The molecular formula is C21H19ClF2N4O2S.